The molecule has 2 aliphatic heterocycles. The Hall–Kier alpha value is -1.96. The number of anilines is 1. The van der Waals surface area contributed by atoms with Crippen molar-refractivity contribution in [3.05, 3.63) is 41.3 Å². The van der Waals surface area contributed by atoms with Crippen molar-refractivity contribution in [1.29, 1.82) is 0 Å². The van der Waals surface area contributed by atoms with Gasteiger partial charge in [-0.25, -0.2) is 4.98 Å². The number of fused-ring (bicyclic) bond motifs is 1. The summed E-state index contributed by atoms with van der Waals surface area (Å²) in [5.41, 5.74) is 4.06. The maximum Gasteiger partial charge on any atom is 0.129 e. The number of pyridine rings is 1. The Morgan fingerprint density at radius 3 is 2.65 bits per heavy atom. The van der Waals surface area contributed by atoms with Gasteiger partial charge >= 0.3 is 0 Å². The van der Waals surface area contributed by atoms with Crippen LogP contribution in [0.1, 0.15) is 54.2 Å². The summed E-state index contributed by atoms with van der Waals surface area (Å²) in [6.45, 7) is 6.62. The van der Waals surface area contributed by atoms with Gasteiger partial charge in [0.25, 0.3) is 0 Å². The number of morpholine rings is 1. The summed E-state index contributed by atoms with van der Waals surface area (Å²) < 4.78 is 7.55. The molecule has 1 atom stereocenters. The maximum absolute atomic E-state index is 5.45. The van der Waals surface area contributed by atoms with Crippen LogP contribution in [0.5, 0.6) is 0 Å². The predicted octanol–water partition coefficient (Wildman–Crippen LogP) is 2.76. The van der Waals surface area contributed by atoms with Crippen LogP contribution in [0.2, 0.25) is 0 Å². The fraction of sp³-hybridized carbons (Fsp3) is 0.667. The lowest BCUT2D eigenvalue weighted by Gasteiger charge is -2.32. The second-order valence-corrected chi connectivity index (χ2v) is 9.60. The number of hydrogen-bond acceptors (Lipinski definition) is 6. The van der Waals surface area contributed by atoms with Crippen LogP contribution in [-0.2, 0) is 11.3 Å². The third kappa shape index (κ3) is 4.64. The summed E-state index contributed by atoms with van der Waals surface area (Å²) in [7, 11) is 4.42. The molecule has 1 aliphatic carbocycles. The molecule has 0 bridgehead atoms. The van der Waals surface area contributed by atoms with E-state index in [1.807, 2.05) is 0 Å². The second-order valence-electron chi connectivity index (χ2n) is 9.60. The fourth-order valence-corrected chi connectivity index (χ4v) is 5.42. The SMILES string of the molecule is CN(C)C1CCC(c2cnc3c(c2)C(c2cnn(CCN4CCOCC4)c2)CN3)CC1. The lowest BCUT2D eigenvalue weighted by molar-refractivity contribution is 0.0359. The van der Waals surface area contributed by atoms with Crippen LogP contribution in [0, 0.1) is 0 Å². The van der Waals surface area contributed by atoms with Crippen molar-refractivity contribution in [2.24, 2.45) is 0 Å². The predicted molar refractivity (Wildman–Crippen MR) is 123 cm³/mol. The molecule has 3 aliphatic rings. The van der Waals surface area contributed by atoms with Crippen LogP contribution in [-0.4, -0.2) is 84.1 Å². The minimum atomic E-state index is 0.345. The number of rotatable bonds is 6. The molecular weight excluding hydrogens is 388 g/mol. The topological polar surface area (TPSA) is 58.5 Å². The van der Waals surface area contributed by atoms with Crippen molar-refractivity contribution in [2.45, 2.75) is 50.1 Å². The molecule has 0 radical (unpaired) electrons. The van der Waals surface area contributed by atoms with Gasteiger partial charge in [-0.05, 0) is 62.9 Å². The Morgan fingerprint density at radius 1 is 1.06 bits per heavy atom. The molecule has 1 saturated heterocycles. The van der Waals surface area contributed by atoms with E-state index in [0.717, 1.165) is 57.8 Å². The van der Waals surface area contributed by atoms with E-state index >= 15 is 0 Å². The molecule has 7 nitrogen and oxygen atoms in total. The Bertz CT molecular complexity index is 867. The van der Waals surface area contributed by atoms with Gasteiger partial charge in [0.05, 0.1) is 26.0 Å². The van der Waals surface area contributed by atoms with Crippen LogP contribution in [0.15, 0.2) is 24.7 Å². The molecule has 7 heteroatoms. The number of aromatic nitrogens is 3. The molecule has 4 heterocycles. The van der Waals surface area contributed by atoms with Gasteiger partial charge in [-0.1, -0.05) is 0 Å². The highest BCUT2D eigenvalue weighted by Gasteiger charge is 2.29. The molecule has 168 valence electrons. The van der Waals surface area contributed by atoms with Crippen LogP contribution in [0.4, 0.5) is 5.82 Å². The highest BCUT2D eigenvalue weighted by atomic mass is 16.5. The molecule has 2 aromatic rings. The summed E-state index contributed by atoms with van der Waals surface area (Å²) >= 11 is 0. The smallest absolute Gasteiger partial charge is 0.129 e. The quantitative estimate of drug-likeness (QED) is 0.770. The monoisotopic (exact) mass is 424 g/mol. The first-order chi connectivity index (χ1) is 15.2. The lowest BCUT2D eigenvalue weighted by Crippen LogP contribution is -2.38. The minimum Gasteiger partial charge on any atom is -0.379 e. The van der Waals surface area contributed by atoms with Gasteiger partial charge in [0.1, 0.15) is 5.82 Å². The van der Waals surface area contributed by atoms with E-state index in [1.165, 1.54) is 42.4 Å². The average molecular weight is 425 g/mol. The summed E-state index contributed by atoms with van der Waals surface area (Å²) in [5, 5.41) is 8.18. The number of ether oxygens (including phenoxy) is 1. The molecule has 0 amide bonds. The molecule has 0 aromatic carbocycles. The zero-order chi connectivity index (χ0) is 21.2. The van der Waals surface area contributed by atoms with E-state index < -0.39 is 0 Å². The first-order valence-electron chi connectivity index (χ1n) is 11.9. The van der Waals surface area contributed by atoms with Gasteiger partial charge in [-0.3, -0.25) is 9.58 Å². The Balaban J connectivity index is 1.25. The third-order valence-electron chi connectivity index (χ3n) is 7.49. The van der Waals surface area contributed by atoms with Gasteiger partial charge in [-0.15, -0.1) is 0 Å². The van der Waals surface area contributed by atoms with E-state index in [9.17, 15) is 0 Å². The molecule has 31 heavy (non-hydrogen) atoms. The van der Waals surface area contributed by atoms with Crippen molar-refractivity contribution in [2.75, 3.05) is 58.8 Å². The molecule has 1 saturated carbocycles. The molecule has 0 spiro atoms. The fourth-order valence-electron chi connectivity index (χ4n) is 5.42. The Kier molecular flexibility index (Phi) is 6.25. The van der Waals surface area contributed by atoms with Crippen molar-refractivity contribution in [3.63, 3.8) is 0 Å². The average Bonchev–Trinajstić information content (AvgIpc) is 3.45. The van der Waals surface area contributed by atoms with E-state index in [4.69, 9.17) is 9.72 Å². The normalized spacial score (nSPS) is 26.7. The highest BCUT2D eigenvalue weighted by molar-refractivity contribution is 5.56. The summed E-state index contributed by atoms with van der Waals surface area (Å²) in [5.74, 6) is 2.04. The van der Waals surface area contributed by atoms with Gasteiger partial charge in [-0.2, -0.15) is 5.10 Å². The van der Waals surface area contributed by atoms with E-state index in [1.54, 1.807) is 0 Å². The highest BCUT2D eigenvalue weighted by Crippen LogP contribution is 2.39. The summed E-state index contributed by atoms with van der Waals surface area (Å²) in [6.07, 6.45) is 11.5. The van der Waals surface area contributed by atoms with Gasteiger partial charge in [0.2, 0.25) is 0 Å². The van der Waals surface area contributed by atoms with Crippen LogP contribution in [0.25, 0.3) is 0 Å². The minimum absolute atomic E-state index is 0.345. The largest absolute Gasteiger partial charge is 0.379 e. The van der Waals surface area contributed by atoms with E-state index in [2.05, 4.69) is 63.6 Å². The number of nitrogens with one attached hydrogen (secondary N) is 1. The molecular formula is C24H36N6O. The zero-order valence-corrected chi connectivity index (χ0v) is 19.0. The van der Waals surface area contributed by atoms with E-state index in [0.29, 0.717) is 11.8 Å². The van der Waals surface area contributed by atoms with Crippen molar-refractivity contribution >= 4 is 5.82 Å². The third-order valence-corrected chi connectivity index (χ3v) is 7.49. The maximum atomic E-state index is 5.45. The van der Waals surface area contributed by atoms with Gasteiger partial charge in [0, 0.05) is 56.1 Å². The summed E-state index contributed by atoms with van der Waals surface area (Å²) in [4.78, 5) is 9.64. The number of hydrogen-bond donors (Lipinski definition) is 1. The summed E-state index contributed by atoms with van der Waals surface area (Å²) in [6, 6.07) is 3.16. The molecule has 2 aromatic heterocycles. The second kappa shape index (κ2) is 9.27. The van der Waals surface area contributed by atoms with Crippen molar-refractivity contribution in [1.82, 2.24) is 24.6 Å². The van der Waals surface area contributed by atoms with Gasteiger partial charge in [0.15, 0.2) is 0 Å². The molecule has 2 fully saturated rings. The molecule has 5 rings (SSSR count). The Labute approximate surface area is 185 Å². The molecule has 1 N–H and O–H groups in total. The lowest BCUT2D eigenvalue weighted by atomic mass is 9.81. The van der Waals surface area contributed by atoms with Crippen LogP contribution >= 0.6 is 0 Å². The molecule has 1 unspecified atom stereocenters. The standard InChI is InChI=1S/C24H36N6O/c1-28(2)21-5-3-18(4-6-21)19-13-22-23(16-26-24(22)25-14-19)20-15-27-30(17-20)8-7-29-9-11-31-12-10-29/h13-15,17-18,21,23H,3-12,16H2,1-2H3,(H,25,26). The van der Waals surface area contributed by atoms with Crippen LogP contribution in [0.3, 0.4) is 0 Å². The zero-order valence-electron chi connectivity index (χ0n) is 19.0. The van der Waals surface area contributed by atoms with Crippen molar-refractivity contribution < 1.29 is 4.74 Å². The van der Waals surface area contributed by atoms with Crippen molar-refractivity contribution in [3.8, 4) is 0 Å². The number of nitrogens with zero attached hydrogens (tertiary/aromatic N) is 5. The van der Waals surface area contributed by atoms with Crippen LogP contribution < -0.4 is 5.32 Å². The first kappa shape index (κ1) is 20.9. The first-order valence-corrected chi connectivity index (χ1v) is 11.9. The van der Waals surface area contributed by atoms with E-state index in [-0.39, 0.29) is 0 Å². The van der Waals surface area contributed by atoms with Gasteiger partial charge < -0.3 is 15.0 Å². The Morgan fingerprint density at radius 2 is 1.87 bits per heavy atom.